The largest absolute Gasteiger partial charge is 0.336 e. The van der Waals surface area contributed by atoms with E-state index in [1.165, 1.54) is 0 Å². The van der Waals surface area contributed by atoms with Crippen LogP contribution in [0.5, 0.6) is 0 Å². The zero-order valence-electron chi connectivity index (χ0n) is 15.7. The molecular formula is C21H21N5O2. The first kappa shape index (κ1) is 16.9. The third kappa shape index (κ3) is 2.74. The Morgan fingerprint density at radius 1 is 1.18 bits per heavy atom. The Bertz CT molecular complexity index is 1100. The number of rotatable bonds is 2. The average Bonchev–Trinajstić information content (AvgIpc) is 3.14. The van der Waals surface area contributed by atoms with Crippen LogP contribution in [-0.4, -0.2) is 43.0 Å². The minimum atomic E-state index is 0.00591. The Balaban J connectivity index is 1.50. The number of carbonyl (C=O) groups is 1. The van der Waals surface area contributed by atoms with Crippen molar-refractivity contribution < 1.29 is 4.79 Å². The van der Waals surface area contributed by atoms with E-state index in [-0.39, 0.29) is 17.4 Å². The highest BCUT2D eigenvalue weighted by Crippen LogP contribution is 2.36. The summed E-state index contributed by atoms with van der Waals surface area (Å²) in [5.74, 6) is 0.453. The summed E-state index contributed by atoms with van der Waals surface area (Å²) < 4.78 is 3.64. The third-order valence-electron chi connectivity index (χ3n) is 5.84. The molecule has 3 aromatic rings. The second-order valence-electron chi connectivity index (χ2n) is 7.73. The van der Waals surface area contributed by atoms with Crippen molar-refractivity contribution in [1.82, 2.24) is 24.0 Å². The van der Waals surface area contributed by atoms with Gasteiger partial charge in [-0.25, -0.2) is 4.98 Å². The van der Waals surface area contributed by atoms with E-state index >= 15 is 0 Å². The number of pyridine rings is 2. The van der Waals surface area contributed by atoms with Gasteiger partial charge in [0, 0.05) is 56.1 Å². The van der Waals surface area contributed by atoms with Crippen LogP contribution in [0.25, 0.3) is 11.3 Å². The quantitative estimate of drug-likeness (QED) is 0.686. The molecule has 0 spiro atoms. The topological polar surface area (TPSA) is 73.0 Å². The van der Waals surface area contributed by atoms with Gasteiger partial charge in [0.05, 0.1) is 18.2 Å². The number of fused-ring (bicyclic) bond motifs is 4. The molecule has 1 saturated heterocycles. The van der Waals surface area contributed by atoms with Gasteiger partial charge in [-0.1, -0.05) is 6.07 Å². The SMILES string of the molecule is Cn1cncc1C(=O)N1C[C@@H]2C[C@H](C1)c1cc(-c3ccccn3)cc(=O)n1C2. The monoisotopic (exact) mass is 375 g/mol. The van der Waals surface area contributed by atoms with Gasteiger partial charge in [-0.15, -0.1) is 0 Å². The number of amides is 1. The fourth-order valence-electron chi connectivity index (χ4n) is 4.53. The number of likely N-dealkylation sites (tertiary alicyclic amines) is 1. The Morgan fingerprint density at radius 2 is 2.07 bits per heavy atom. The zero-order chi connectivity index (χ0) is 19.3. The molecule has 7 nitrogen and oxygen atoms in total. The minimum absolute atomic E-state index is 0.00591. The minimum Gasteiger partial charge on any atom is -0.336 e. The van der Waals surface area contributed by atoms with Crippen molar-refractivity contribution in [2.45, 2.75) is 18.9 Å². The number of aryl methyl sites for hydroxylation is 1. The highest BCUT2D eigenvalue weighted by Gasteiger charge is 2.37. The fourth-order valence-corrected chi connectivity index (χ4v) is 4.53. The molecule has 0 N–H and O–H groups in total. The summed E-state index contributed by atoms with van der Waals surface area (Å²) in [6, 6.07) is 9.44. The standard InChI is InChI=1S/C21H21N5O2/c1-24-13-22-9-19(24)21(28)25-10-14-6-16(12-25)18-7-15(8-20(27)26(18)11-14)17-4-2-3-5-23-17/h2-5,7-9,13-14,16H,6,10-12H2,1H3/t14-,16+/m0/s1. The lowest BCUT2D eigenvalue weighted by atomic mass is 9.82. The molecule has 28 heavy (non-hydrogen) atoms. The number of imidazole rings is 1. The van der Waals surface area contributed by atoms with E-state index in [0.717, 1.165) is 23.4 Å². The zero-order valence-corrected chi connectivity index (χ0v) is 15.7. The average molecular weight is 375 g/mol. The van der Waals surface area contributed by atoms with Crippen molar-refractivity contribution >= 4 is 5.91 Å². The number of aromatic nitrogens is 4. The summed E-state index contributed by atoms with van der Waals surface area (Å²) in [7, 11) is 1.83. The molecular weight excluding hydrogens is 354 g/mol. The van der Waals surface area contributed by atoms with Crippen LogP contribution < -0.4 is 5.56 Å². The van der Waals surface area contributed by atoms with E-state index in [0.29, 0.717) is 31.2 Å². The first-order valence-corrected chi connectivity index (χ1v) is 9.52. The van der Waals surface area contributed by atoms with Crippen LogP contribution in [0.2, 0.25) is 0 Å². The smallest absolute Gasteiger partial charge is 0.272 e. The summed E-state index contributed by atoms with van der Waals surface area (Å²) in [5.41, 5.74) is 3.25. The Morgan fingerprint density at radius 3 is 2.82 bits per heavy atom. The molecule has 3 aromatic heterocycles. The van der Waals surface area contributed by atoms with Crippen molar-refractivity contribution in [3.05, 3.63) is 70.8 Å². The van der Waals surface area contributed by atoms with Crippen molar-refractivity contribution in [3.8, 4) is 11.3 Å². The van der Waals surface area contributed by atoms with Crippen molar-refractivity contribution in [2.75, 3.05) is 13.1 Å². The van der Waals surface area contributed by atoms with Gasteiger partial charge >= 0.3 is 0 Å². The first-order valence-electron chi connectivity index (χ1n) is 9.52. The number of hydrogen-bond acceptors (Lipinski definition) is 4. The highest BCUT2D eigenvalue weighted by atomic mass is 16.2. The van der Waals surface area contributed by atoms with Crippen LogP contribution >= 0.6 is 0 Å². The van der Waals surface area contributed by atoms with Crippen LogP contribution in [0.3, 0.4) is 0 Å². The van der Waals surface area contributed by atoms with Gasteiger partial charge in [0.25, 0.3) is 11.5 Å². The van der Waals surface area contributed by atoms with Crippen molar-refractivity contribution in [3.63, 3.8) is 0 Å². The fraction of sp³-hybridized carbons (Fsp3) is 0.333. The maximum Gasteiger partial charge on any atom is 0.272 e. The lowest BCUT2D eigenvalue weighted by Gasteiger charge is -2.42. The molecule has 2 aliphatic rings. The molecule has 0 saturated carbocycles. The molecule has 142 valence electrons. The van der Waals surface area contributed by atoms with E-state index in [2.05, 4.69) is 16.0 Å². The summed E-state index contributed by atoms with van der Waals surface area (Å²) >= 11 is 0. The molecule has 0 radical (unpaired) electrons. The second kappa shape index (κ2) is 6.44. The maximum atomic E-state index is 13.0. The summed E-state index contributed by atoms with van der Waals surface area (Å²) in [6.45, 7) is 1.95. The molecule has 1 amide bonds. The molecule has 0 unspecified atom stereocenters. The number of hydrogen-bond donors (Lipinski definition) is 0. The van der Waals surface area contributed by atoms with Gasteiger partial charge in [0.15, 0.2) is 0 Å². The predicted molar refractivity (Wildman–Crippen MR) is 104 cm³/mol. The second-order valence-corrected chi connectivity index (χ2v) is 7.73. The molecule has 5 rings (SSSR count). The van der Waals surface area contributed by atoms with E-state index in [1.54, 1.807) is 29.4 Å². The molecule has 5 heterocycles. The molecule has 7 heteroatoms. The van der Waals surface area contributed by atoms with Gasteiger partial charge in [0.2, 0.25) is 0 Å². The molecule has 1 fully saturated rings. The van der Waals surface area contributed by atoms with Gasteiger partial charge < -0.3 is 14.0 Å². The molecule has 2 atom stereocenters. The van der Waals surface area contributed by atoms with Gasteiger partial charge in [-0.05, 0) is 30.5 Å². The first-order chi connectivity index (χ1) is 13.6. The van der Waals surface area contributed by atoms with E-state index in [4.69, 9.17) is 0 Å². The normalized spacial score (nSPS) is 20.7. The predicted octanol–water partition coefficient (Wildman–Crippen LogP) is 1.90. The summed E-state index contributed by atoms with van der Waals surface area (Å²) in [5, 5.41) is 0. The van der Waals surface area contributed by atoms with Crippen molar-refractivity contribution in [2.24, 2.45) is 13.0 Å². The Labute approximate surface area is 162 Å². The maximum absolute atomic E-state index is 13.0. The van der Waals surface area contributed by atoms with Crippen LogP contribution in [0.1, 0.15) is 28.5 Å². The van der Waals surface area contributed by atoms with Gasteiger partial charge in [0.1, 0.15) is 5.69 Å². The molecule has 0 aliphatic carbocycles. The third-order valence-corrected chi connectivity index (χ3v) is 5.84. The lowest BCUT2D eigenvalue weighted by Crippen LogP contribution is -2.49. The van der Waals surface area contributed by atoms with Crippen molar-refractivity contribution in [1.29, 1.82) is 0 Å². The summed E-state index contributed by atoms with van der Waals surface area (Å²) in [6.07, 6.45) is 5.99. The van der Waals surface area contributed by atoms with E-state index in [9.17, 15) is 9.59 Å². The summed E-state index contributed by atoms with van der Waals surface area (Å²) in [4.78, 5) is 36.1. The molecule has 2 aliphatic heterocycles. The number of nitrogens with zero attached hydrogens (tertiary/aromatic N) is 5. The Kier molecular flexibility index (Phi) is 3.89. The van der Waals surface area contributed by atoms with Crippen LogP contribution in [-0.2, 0) is 13.6 Å². The van der Waals surface area contributed by atoms with Crippen LogP contribution in [0.4, 0.5) is 0 Å². The number of carbonyl (C=O) groups excluding carboxylic acids is 1. The van der Waals surface area contributed by atoms with E-state index < -0.39 is 0 Å². The highest BCUT2D eigenvalue weighted by molar-refractivity contribution is 5.92. The Hall–Kier alpha value is -3.22. The van der Waals surface area contributed by atoms with E-state index in [1.807, 2.05) is 34.7 Å². The molecule has 2 bridgehead atoms. The van der Waals surface area contributed by atoms with Gasteiger partial charge in [-0.2, -0.15) is 0 Å². The van der Waals surface area contributed by atoms with Crippen LogP contribution in [0.15, 0.2) is 53.8 Å². The number of piperidine rings is 1. The molecule has 0 aromatic carbocycles. The van der Waals surface area contributed by atoms with Gasteiger partial charge in [-0.3, -0.25) is 14.6 Å². The van der Waals surface area contributed by atoms with Crippen LogP contribution in [0, 0.1) is 5.92 Å². The lowest BCUT2D eigenvalue weighted by molar-refractivity contribution is 0.0585.